The average molecular weight is 724 g/mol. The fourth-order valence-electron chi connectivity index (χ4n) is 6.28. The van der Waals surface area contributed by atoms with Crippen LogP contribution in [0.25, 0.3) is 5.69 Å². The summed E-state index contributed by atoms with van der Waals surface area (Å²) in [6.07, 6.45) is 8.83. The molecule has 0 aliphatic carbocycles. The number of anilines is 2. The van der Waals surface area contributed by atoms with E-state index < -0.39 is 5.79 Å². The maximum atomic E-state index is 15.3. The maximum absolute atomic E-state index is 15.3. The minimum Gasteiger partial charge on any atom is -0.475 e. The second-order valence-electron chi connectivity index (χ2n) is 12.4. The molecular weight excluding hydrogens is 686 g/mol. The first-order valence-corrected chi connectivity index (χ1v) is 17.3. The number of rotatable bonds is 11. The Kier molecular flexibility index (Phi) is 9.82. The lowest BCUT2D eigenvalue weighted by atomic mass is 10.1. The van der Waals surface area contributed by atoms with Gasteiger partial charge in [0.25, 0.3) is 0 Å². The van der Waals surface area contributed by atoms with Gasteiger partial charge in [-0.3, -0.25) is 0 Å². The smallest absolute Gasteiger partial charge is 0.350 e. The van der Waals surface area contributed by atoms with Gasteiger partial charge < -0.3 is 28.6 Å². The van der Waals surface area contributed by atoms with E-state index in [2.05, 4.69) is 20.0 Å². The number of hydrogen-bond donors (Lipinski definition) is 0. The van der Waals surface area contributed by atoms with Crippen molar-refractivity contribution in [1.29, 1.82) is 0 Å². The molecule has 0 radical (unpaired) electrons. The number of piperazine rings is 1. The first kappa shape index (κ1) is 34.0. The standard InChI is InChI=1S/C35H37Cl2FN8O4/c1-3-24(2)46-34(47)45(23-41-46)26-5-8-32(31(38)17-26)44-14-12-43(13-15-44)27-6-9-33(40-18-27)48-19-28-20-49-35(50-28,21-42-11-10-39-22-42)29-7-4-25(36)16-30(29)37/h4-11,16-18,22-24,28H,3,12-15,19-21H2,1-2H3/t24?,28-,35-/m1/s1. The predicted octanol–water partition coefficient (Wildman–Crippen LogP) is 5.72. The molecule has 2 saturated heterocycles. The summed E-state index contributed by atoms with van der Waals surface area (Å²) in [4.78, 5) is 25.7. The molecule has 2 fully saturated rings. The van der Waals surface area contributed by atoms with Crippen molar-refractivity contribution in [1.82, 2.24) is 28.9 Å². The molecule has 15 heteroatoms. The lowest BCUT2D eigenvalue weighted by Gasteiger charge is -2.37. The van der Waals surface area contributed by atoms with E-state index in [0.717, 1.165) is 12.1 Å². The monoisotopic (exact) mass is 722 g/mol. The van der Waals surface area contributed by atoms with Gasteiger partial charge in [-0.15, -0.1) is 0 Å². The molecule has 1 unspecified atom stereocenters. The van der Waals surface area contributed by atoms with Crippen molar-refractivity contribution in [3.8, 4) is 11.6 Å². The molecule has 3 aromatic heterocycles. The zero-order valence-corrected chi connectivity index (χ0v) is 29.2. The number of pyridine rings is 1. The molecular formula is C35H37Cl2FN8O4. The Morgan fingerprint density at radius 2 is 1.84 bits per heavy atom. The molecule has 0 spiro atoms. The Bertz CT molecular complexity index is 1980. The number of imidazole rings is 1. The first-order chi connectivity index (χ1) is 24.2. The van der Waals surface area contributed by atoms with Crippen LogP contribution >= 0.6 is 23.2 Å². The number of benzene rings is 2. The summed E-state index contributed by atoms with van der Waals surface area (Å²) in [5, 5.41) is 5.17. The molecule has 0 saturated carbocycles. The van der Waals surface area contributed by atoms with Crippen molar-refractivity contribution >= 4 is 34.6 Å². The van der Waals surface area contributed by atoms with Gasteiger partial charge in [-0.05, 0) is 43.7 Å². The molecule has 2 aromatic carbocycles. The largest absolute Gasteiger partial charge is 0.475 e. The summed E-state index contributed by atoms with van der Waals surface area (Å²) in [5.41, 5.74) is 2.29. The zero-order valence-electron chi connectivity index (χ0n) is 27.7. The normalized spacial score (nSPS) is 20.0. The maximum Gasteiger partial charge on any atom is 0.350 e. The molecule has 12 nitrogen and oxygen atoms in total. The molecule has 5 aromatic rings. The highest BCUT2D eigenvalue weighted by Crippen LogP contribution is 2.40. The van der Waals surface area contributed by atoms with Crippen LogP contribution in [-0.2, 0) is 21.8 Å². The Labute approximate surface area is 298 Å². The van der Waals surface area contributed by atoms with E-state index in [0.29, 0.717) is 72.2 Å². The van der Waals surface area contributed by atoms with Crippen LogP contribution in [0, 0.1) is 5.82 Å². The fraction of sp³-hybridized carbons (Fsp3) is 0.371. The molecule has 262 valence electrons. The predicted molar refractivity (Wildman–Crippen MR) is 188 cm³/mol. The second kappa shape index (κ2) is 14.4. The van der Waals surface area contributed by atoms with Gasteiger partial charge in [0.2, 0.25) is 11.7 Å². The van der Waals surface area contributed by atoms with E-state index in [1.54, 1.807) is 43.0 Å². The number of halogens is 3. The third kappa shape index (κ3) is 6.95. The molecule has 0 amide bonds. The SMILES string of the molecule is CCC(C)n1ncn(-c2ccc(N3CCN(c4ccc(OC[C@@H]5CO[C@@](Cn6ccnc6)(c6ccc(Cl)cc6Cl)O5)nc4)CC3)c(F)c2)c1=O. The highest BCUT2D eigenvalue weighted by Gasteiger charge is 2.45. The molecule has 50 heavy (non-hydrogen) atoms. The Morgan fingerprint density at radius 1 is 1.04 bits per heavy atom. The molecule has 0 N–H and O–H groups in total. The molecule has 0 bridgehead atoms. The molecule has 2 aliphatic rings. The molecule has 2 aliphatic heterocycles. The van der Waals surface area contributed by atoms with Crippen molar-refractivity contribution < 1.29 is 18.6 Å². The zero-order chi connectivity index (χ0) is 34.8. The Hall–Kier alpha value is -4.43. The fourth-order valence-corrected chi connectivity index (χ4v) is 6.83. The van der Waals surface area contributed by atoms with Gasteiger partial charge in [0, 0.05) is 61.3 Å². The van der Waals surface area contributed by atoms with Crippen LogP contribution < -0.4 is 20.2 Å². The van der Waals surface area contributed by atoms with Crippen LogP contribution in [0.3, 0.4) is 0 Å². The van der Waals surface area contributed by atoms with E-state index in [-0.39, 0.29) is 30.3 Å². The van der Waals surface area contributed by atoms with Crippen LogP contribution in [-0.4, -0.2) is 74.4 Å². The summed E-state index contributed by atoms with van der Waals surface area (Å²) in [6.45, 7) is 7.39. The average Bonchev–Trinajstić information content (AvgIpc) is 3.88. The van der Waals surface area contributed by atoms with Crippen LogP contribution in [0.4, 0.5) is 15.8 Å². The number of hydrogen-bond acceptors (Lipinski definition) is 9. The highest BCUT2D eigenvalue weighted by molar-refractivity contribution is 6.35. The molecule has 5 heterocycles. The van der Waals surface area contributed by atoms with Crippen molar-refractivity contribution in [2.24, 2.45) is 0 Å². The van der Waals surface area contributed by atoms with Gasteiger partial charge in [-0.2, -0.15) is 5.10 Å². The summed E-state index contributed by atoms with van der Waals surface area (Å²) in [5.74, 6) is -1.06. The van der Waals surface area contributed by atoms with Gasteiger partial charge in [-0.1, -0.05) is 36.2 Å². The first-order valence-electron chi connectivity index (χ1n) is 16.5. The highest BCUT2D eigenvalue weighted by atomic mass is 35.5. The van der Waals surface area contributed by atoms with Crippen LogP contribution in [0.2, 0.25) is 10.0 Å². The summed E-state index contributed by atoms with van der Waals surface area (Å²) in [6, 6.07) is 13.9. The summed E-state index contributed by atoms with van der Waals surface area (Å²) in [7, 11) is 0. The van der Waals surface area contributed by atoms with Crippen LogP contribution in [0.15, 0.2) is 84.6 Å². The lowest BCUT2D eigenvalue weighted by molar-refractivity contribution is -0.189. The number of aromatic nitrogens is 6. The van der Waals surface area contributed by atoms with Crippen molar-refractivity contribution in [3.05, 3.63) is 112 Å². The topological polar surface area (TPSA) is 105 Å². The van der Waals surface area contributed by atoms with Gasteiger partial charge in [-0.25, -0.2) is 28.4 Å². The minimum atomic E-state index is -1.14. The van der Waals surface area contributed by atoms with E-state index in [1.807, 2.05) is 47.7 Å². The van der Waals surface area contributed by atoms with Crippen LogP contribution in [0.5, 0.6) is 5.88 Å². The van der Waals surface area contributed by atoms with E-state index in [9.17, 15) is 4.79 Å². The quantitative estimate of drug-likeness (QED) is 0.169. The van der Waals surface area contributed by atoms with Gasteiger partial charge in [0.15, 0.2) is 0 Å². The van der Waals surface area contributed by atoms with Crippen molar-refractivity contribution in [2.75, 3.05) is 49.2 Å². The third-order valence-electron chi connectivity index (χ3n) is 9.19. The van der Waals surface area contributed by atoms with Gasteiger partial charge >= 0.3 is 5.69 Å². The van der Waals surface area contributed by atoms with Gasteiger partial charge in [0.1, 0.15) is 24.9 Å². The number of nitrogens with zero attached hydrogens (tertiary/aromatic N) is 8. The molecule has 3 atom stereocenters. The second-order valence-corrected chi connectivity index (χ2v) is 13.3. The van der Waals surface area contributed by atoms with Crippen molar-refractivity contribution in [3.63, 3.8) is 0 Å². The minimum absolute atomic E-state index is 0.0356. The van der Waals surface area contributed by atoms with E-state index in [1.165, 1.54) is 21.6 Å². The van der Waals surface area contributed by atoms with Crippen molar-refractivity contribution in [2.45, 2.75) is 44.7 Å². The molecule has 7 rings (SSSR count). The Morgan fingerprint density at radius 3 is 2.54 bits per heavy atom. The Balaban J connectivity index is 0.939. The summed E-state index contributed by atoms with van der Waals surface area (Å²) < 4.78 is 38.7. The van der Waals surface area contributed by atoms with E-state index >= 15 is 4.39 Å². The number of ether oxygens (including phenoxy) is 3. The summed E-state index contributed by atoms with van der Waals surface area (Å²) >= 11 is 12.7. The van der Waals surface area contributed by atoms with E-state index in [4.69, 9.17) is 37.4 Å². The van der Waals surface area contributed by atoms with Crippen LogP contribution in [0.1, 0.15) is 31.9 Å². The van der Waals surface area contributed by atoms with Gasteiger partial charge in [0.05, 0.1) is 53.8 Å². The third-order valence-corrected chi connectivity index (χ3v) is 9.73. The lowest BCUT2D eigenvalue weighted by Crippen LogP contribution is -2.46.